The summed E-state index contributed by atoms with van der Waals surface area (Å²) in [4.78, 5) is 11.1. The van der Waals surface area contributed by atoms with Gasteiger partial charge in [0.2, 0.25) is 0 Å². The molecule has 0 amide bonds. The van der Waals surface area contributed by atoms with Crippen LogP contribution < -0.4 is 0 Å². The van der Waals surface area contributed by atoms with Crippen LogP contribution >= 0.6 is 0 Å². The highest BCUT2D eigenvalue weighted by molar-refractivity contribution is 5.69. The lowest BCUT2D eigenvalue weighted by Crippen LogP contribution is -2.09. The summed E-state index contributed by atoms with van der Waals surface area (Å²) in [6.45, 7) is 6.73. The van der Waals surface area contributed by atoms with Crippen molar-refractivity contribution in [2.45, 2.75) is 46.5 Å². The highest BCUT2D eigenvalue weighted by Crippen LogP contribution is 2.01. The molecule has 0 rings (SSSR count). The predicted octanol–water partition coefficient (Wildman–Crippen LogP) is 3.32. The molecule has 0 unspecified atom stereocenters. The molecule has 0 aromatic rings. The van der Waals surface area contributed by atoms with Crippen molar-refractivity contribution in [1.29, 1.82) is 0 Å². The minimum absolute atomic E-state index is 0.0661. The Morgan fingerprint density at radius 3 is 2.64 bits per heavy atom. The van der Waals surface area contributed by atoms with E-state index in [1.165, 1.54) is 0 Å². The number of carbonyl (C=O) groups is 1. The molecule has 0 N–H and O–H groups in total. The van der Waals surface area contributed by atoms with Gasteiger partial charge in [0.1, 0.15) is 0 Å². The van der Waals surface area contributed by atoms with Crippen LogP contribution in [0.15, 0.2) is 12.2 Å². The van der Waals surface area contributed by atoms with Crippen molar-refractivity contribution in [1.82, 2.24) is 0 Å². The zero-order chi connectivity index (χ0) is 10.8. The van der Waals surface area contributed by atoms with Crippen LogP contribution in [0.2, 0.25) is 0 Å². The molecule has 0 radical (unpaired) electrons. The van der Waals surface area contributed by atoms with Crippen LogP contribution in [0, 0.1) is 5.92 Å². The minimum atomic E-state index is -0.0661. The van der Waals surface area contributed by atoms with Gasteiger partial charge in [0.25, 0.3) is 0 Å². The standard InChI is InChI=1S/C12H22O2/c1-4-5-6-7-8-9-12(13)14-10-11(2)3/h5-6,11H,4,7-10H2,1-3H3. The first-order valence-corrected chi connectivity index (χ1v) is 5.47. The molecule has 0 aliphatic carbocycles. The summed E-state index contributed by atoms with van der Waals surface area (Å²) in [5, 5.41) is 0. The molecule has 2 nitrogen and oxygen atoms in total. The largest absolute Gasteiger partial charge is 0.465 e. The summed E-state index contributed by atoms with van der Waals surface area (Å²) in [6, 6.07) is 0. The predicted molar refractivity (Wildman–Crippen MR) is 59.1 cm³/mol. The summed E-state index contributed by atoms with van der Waals surface area (Å²) < 4.78 is 5.05. The van der Waals surface area contributed by atoms with Crippen LogP contribution in [0.1, 0.15) is 46.5 Å². The normalized spacial score (nSPS) is 11.1. The SMILES string of the molecule is CCC=CCCCC(=O)OCC(C)C. The monoisotopic (exact) mass is 198 g/mol. The van der Waals surface area contributed by atoms with E-state index in [0.29, 0.717) is 18.9 Å². The van der Waals surface area contributed by atoms with Gasteiger partial charge in [0, 0.05) is 6.42 Å². The van der Waals surface area contributed by atoms with Crippen molar-refractivity contribution in [3.8, 4) is 0 Å². The fourth-order valence-corrected chi connectivity index (χ4v) is 0.981. The maximum atomic E-state index is 11.1. The van der Waals surface area contributed by atoms with Gasteiger partial charge in [-0.2, -0.15) is 0 Å². The van der Waals surface area contributed by atoms with Gasteiger partial charge in [0.15, 0.2) is 0 Å². The topological polar surface area (TPSA) is 26.3 Å². The van der Waals surface area contributed by atoms with Gasteiger partial charge in [-0.25, -0.2) is 0 Å². The molecule has 0 saturated heterocycles. The summed E-state index contributed by atoms with van der Waals surface area (Å²) in [5.41, 5.74) is 0. The Balaban J connectivity index is 3.31. The molecule has 0 aromatic carbocycles. The maximum Gasteiger partial charge on any atom is 0.305 e. The molecule has 0 aromatic heterocycles. The summed E-state index contributed by atoms with van der Waals surface area (Å²) in [5.74, 6) is 0.363. The summed E-state index contributed by atoms with van der Waals surface area (Å²) >= 11 is 0. The Hall–Kier alpha value is -0.790. The second-order valence-electron chi connectivity index (χ2n) is 3.85. The molecule has 0 fully saturated rings. The number of rotatable bonds is 7. The van der Waals surface area contributed by atoms with Gasteiger partial charge in [0.05, 0.1) is 6.61 Å². The average molecular weight is 198 g/mol. The molecule has 0 heterocycles. The van der Waals surface area contributed by atoms with E-state index in [9.17, 15) is 4.79 Å². The first-order chi connectivity index (χ1) is 6.66. The van der Waals surface area contributed by atoms with Crippen LogP contribution in [0.3, 0.4) is 0 Å². The van der Waals surface area contributed by atoms with Crippen molar-refractivity contribution >= 4 is 5.97 Å². The zero-order valence-electron chi connectivity index (χ0n) is 9.58. The number of allylic oxidation sites excluding steroid dienone is 2. The first-order valence-electron chi connectivity index (χ1n) is 5.47. The van der Waals surface area contributed by atoms with E-state index in [4.69, 9.17) is 4.74 Å². The van der Waals surface area contributed by atoms with Crippen LogP contribution in [-0.2, 0) is 9.53 Å². The summed E-state index contributed by atoms with van der Waals surface area (Å²) in [7, 11) is 0. The van der Waals surface area contributed by atoms with E-state index in [1.807, 2.05) is 13.8 Å². The number of hydrogen-bond donors (Lipinski definition) is 0. The lowest BCUT2D eigenvalue weighted by Gasteiger charge is -2.06. The molecule has 14 heavy (non-hydrogen) atoms. The van der Waals surface area contributed by atoms with Crippen molar-refractivity contribution in [3.63, 3.8) is 0 Å². The fourth-order valence-electron chi connectivity index (χ4n) is 0.981. The number of esters is 1. The Kier molecular flexibility index (Phi) is 8.30. The third-order valence-electron chi connectivity index (χ3n) is 1.73. The fraction of sp³-hybridized carbons (Fsp3) is 0.750. The molecule has 0 atom stereocenters. The molecule has 0 bridgehead atoms. The smallest absolute Gasteiger partial charge is 0.305 e. The van der Waals surface area contributed by atoms with Gasteiger partial charge >= 0.3 is 5.97 Å². The van der Waals surface area contributed by atoms with Crippen LogP contribution in [0.5, 0.6) is 0 Å². The Bertz CT molecular complexity index is 171. The number of carbonyl (C=O) groups excluding carboxylic acids is 1. The van der Waals surface area contributed by atoms with Crippen LogP contribution in [-0.4, -0.2) is 12.6 Å². The van der Waals surface area contributed by atoms with Gasteiger partial charge in [-0.1, -0.05) is 32.9 Å². The van der Waals surface area contributed by atoms with E-state index in [0.717, 1.165) is 19.3 Å². The van der Waals surface area contributed by atoms with E-state index < -0.39 is 0 Å². The van der Waals surface area contributed by atoms with Gasteiger partial charge in [-0.3, -0.25) is 4.79 Å². The van der Waals surface area contributed by atoms with Gasteiger partial charge < -0.3 is 4.74 Å². The second kappa shape index (κ2) is 8.79. The molecule has 2 heteroatoms. The maximum absolute atomic E-state index is 11.1. The van der Waals surface area contributed by atoms with Crippen molar-refractivity contribution < 1.29 is 9.53 Å². The van der Waals surface area contributed by atoms with E-state index in [1.54, 1.807) is 0 Å². The third-order valence-corrected chi connectivity index (χ3v) is 1.73. The molecule has 0 saturated carbocycles. The second-order valence-corrected chi connectivity index (χ2v) is 3.85. The molecule has 0 aliphatic rings. The van der Waals surface area contributed by atoms with Gasteiger partial charge in [-0.05, 0) is 25.2 Å². The first kappa shape index (κ1) is 13.2. The van der Waals surface area contributed by atoms with E-state index >= 15 is 0 Å². The third kappa shape index (κ3) is 9.30. The van der Waals surface area contributed by atoms with Crippen molar-refractivity contribution in [2.24, 2.45) is 5.92 Å². The summed E-state index contributed by atoms with van der Waals surface area (Å²) in [6.07, 6.45) is 7.73. The number of unbranched alkanes of at least 4 members (excludes halogenated alkanes) is 1. The molecular formula is C12H22O2. The number of ether oxygens (including phenoxy) is 1. The molecule has 0 spiro atoms. The highest BCUT2D eigenvalue weighted by Gasteiger charge is 2.02. The van der Waals surface area contributed by atoms with E-state index in [-0.39, 0.29) is 5.97 Å². The Labute approximate surface area is 87.3 Å². The van der Waals surface area contributed by atoms with Crippen LogP contribution in [0.25, 0.3) is 0 Å². The quantitative estimate of drug-likeness (QED) is 0.356. The van der Waals surface area contributed by atoms with Gasteiger partial charge in [-0.15, -0.1) is 0 Å². The minimum Gasteiger partial charge on any atom is -0.465 e. The molecular weight excluding hydrogens is 176 g/mol. The van der Waals surface area contributed by atoms with E-state index in [2.05, 4.69) is 19.1 Å². The highest BCUT2D eigenvalue weighted by atomic mass is 16.5. The average Bonchev–Trinajstić information content (AvgIpc) is 2.14. The van der Waals surface area contributed by atoms with Crippen molar-refractivity contribution in [2.75, 3.05) is 6.61 Å². The van der Waals surface area contributed by atoms with Crippen LogP contribution in [0.4, 0.5) is 0 Å². The lowest BCUT2D eigenvalue weighted by molar-refractivity contribution is -0.144. The molecule has 82 valence electrons. The zero-order valence-corrected chi connectivity index (χ0v) is 9.58. The Morgan fingerprint density at radius 2 is 2.07 bits per heavy atom. The molecule has 0 aliphatic heterocycles. The lowest BCUT2D eigenvalue weighted by atomic mass is 10.2. The Morgan fingerprint density at radius 1 is 1.36 bits per heavy atom. The van der Waals surface area contributed by atoms with Crippen molar-refractivity contribution in [3.05, 3.63) is 12.2 Å². The number of hydrogen-bond acceptors (Lipinski definition) is 2.